The van der Waals surface area contributed by atoms with Crippen molar-refractivity contribution in [3.8, 4) is 0 Å². The molecule has 0 spiro atoms. The van der Waals surface area contributed by atoms with Crippen molar-refractivity contribution < 1.29 is 4.42 Å². The third kappa shape index (κ3) is 4.20. The van der Waals surface area contributed by atoms with Crippen molar-refractivity contribution in [3.63, 3.8) is 0 Å². The largest absolute Gasteiger partial charge is 0.452 e. The molecule has 2 rings (SSSR count). The molecule has 102 valence electrons. The summed E-state index contributed by atoms with van der Waals surface area (Å²) in [5.41, 5.74) is 2.74. The highest BCUT2D eigenvalue weighted by molar-refractivity contribution is 9.13. The quantitative estimate of drug-likeness (QED) is 0.795. The molecule has 0 radical (unpaired) electrons. The van der Waals surface area contributed by atoms with E-state index in [4.69, 9.17) is 4.42 Å². The molecule has 0 aliphatic rings. The highest BCUT2D eigenvalue weighted by atomic mass is 79.9. The standard InChI is InChI=1S/C15H17Br2NO/c1-10-5-3-4-6-12(10)7-11(2)18-9-13-8-14(16)15(17)19-13/h3-6,8,11,18H,7,9H2,1-2H3. The van der Waals surface area contributed by atoms with E-state index in [1.165, 1.54) is 11.1 Å². The summed E-state index contributed by atoms with van der Waals surface area (Å²) in [7, 11) is 0. The molecule has 19 heavy (non-hydrogen) atoms. The van der Waals surface area contributed by atoms with Crippen LogP contribution in [-0.4, -0.2) is 6.04 Å². The zero-order chi connectivity index (χ0) is 13.8. The second kappa shape index (κ2) is 6.73. The SMILES string of the molecule is Cc1ccccc1CC(C)NCc1cc(Br)c(Br)o1. The number of rotatable bonds is 5. The fraction of sp³-hybridized carbons (Fsp3) is 0.333. The summed E-state index contributed by atoms with van der Waals surface area (Å²) >= 11 is 6.76. The Labute approximate surface area is 130 Å². The van der Waals surface area contributed by atoms with Gasteiger partial charge in [-0.25, -0.2) is 0 Å². The topological polar surface area (TPSA) is 25.2 Å². The van der Waals surface area contributed by atoms with Gasteiger partial charge in [0.05, 0.1) is 11.0 Å². The maximum absolute atomic E-state index is 5.55. The Morgan fingerprint density at radius 3 is 2.63 bits per heavy atom. The Kier molecular flexibility index (Phi) is 5.25. The van der Waals surface area contributed by atoms with Gasteiger partial charge in [-0.15, -0.1) is 0 Å². The fourth-order valence-electron chi connectivity index (χ4n) is 1.99. The third-order valence-corrected chi connectivity index (χ3v) is 4.82. The molecule has 0 saturated heterocycles. The van der Waals surface area contributed by atoms with E-state index in [1.54, 1.807) is 0 Å². The van der Waals surface area contributed by atoms with Crippen LogP contribution in [0.4, 0.5) is 0 Å². The van der Waals surface area contributed by atoms with Crippen molar-refractivity contribution in [2.24, 2.45) is 0 Å². The molecule has 0 aliphatic carbocycles. The summed E-state index contributed by atoms with van der Waals surface area (Å²) in [6.45, 7) is 5.08. The van der Waals surface area contributed by atoms with Gasteiger partial charge < -0.3 is 9.73 Å². The molecule has 1 aromatic heterocycles. The van der Waals surface area contributed by atoms with Crippen LogP contribution in [0.25, 0.3) is 0 Å². The number of nitrogens with one attached hydrogen (secondary N) is 1. The minimum absolute atomic E-state index is 0.406. The van der Waals surface area contributed by atoms with Crippen molar-refractivity contribution in [3.05, 3.63) is 56.4 Å². The van der Waals surface area contributed by atoms with Crippen LogP contribution < -0.4 is 5.32 Å². The molecule has 0 aliphatic heterocycles. The number of benzene rings is 1. The zero-order valence-electron chi connectivity index (χ0n) is 11.0. The molecule has 0 amide bonds. The zero-order valence-corrected chi connectivity index (χ0v) is 14.2. The van der Waals surface area contributed by atoms with Gasteiger partial charge in [-0.3, -0.25) is 0 Å². The van der Waals surface area contributed by atoms with Crippen molar-refractivity contribution in [1.82, 2.24) is 5.32 Å². The molecular formula is C15H17Br2NO. The summed E-state index contributed by atoms with van der Waals surface area (Å²) in [6, 6.07) is 10.9. The Hall–Kier alpha value is -0.580. The molecule has 0 fully saturated rings. The Bertz CT molecular complexity index is 531. The minimum Gasteiger partial charge on any atom is -0.452 e. The van der Waals surface area contributed by atoms with Gasteiger partial charge in [0.1, 0.15) is 5.76 Å². The van der Waals surface area contributed by atoms with Gasteiger partial charge in [0.15, 0.2) is 4.67 Å². The number of aryl methyl sites for hydroxylation is 1. The van der Waals surface area contributed by atoms with E-state index >= 15 is 0 Å². The maximum Gasteiger partial charge on any atom is 0.183 e. The van der Waals surface area contributed by atoms with E-state index in [1.807, 2.05) is 6.07 Å². The lowest BCUT2D eigenvalue weighted by molar-refractivity contribution is 0.440. The maximum atomic E-state index is 5.55. The van der Waals surface area contributed by atoms with Crippen LogP contribution in [0.3, 0.4) is 0 Å². The number of hydrogen-bond donors (Lipinski definition) is 1. The van der Waals surface area contributed by atoms with Gasteiger partial charge in [0.25, 0.3) is 0 Å². The van der Waals surface area contributed by atoms with Crippen molar-refractivity contribution >= 4 is 31.9 Å². The normalized spacial score (nSPS) is 12.6. The van der Waals surface area contributed by atoms with Crippen LogP contribution in [0.5, 0.6) is 0 Å². The molecule has 1 unspecified atom stereocenters. The predicted molar refractivity (Wildman–Crippen MR) is 85.3 cm³/mol. The molecular weight excluding hydrogens is 370 g/mol. The average Bonchev–Trinajstić information content (AvgIpc) is 2.69. The Balaban J connectivity index is 1.88. The van der Waals surface area contributed by atoms with Crippen LogP contribution in [-0.2, 0) is 13.0 Å². The first-order valence-electron chi connectivity index (χ1n) is 6.28. The van der Waals surface area contributed by atoms with Crippen LogP contribution in [0, 0.1) is 6.92 Å². The molecule has 1 N–H and O–H groups in total. The average molecular weight is 387 g/mol. The Morgan fingerprint density at radius 2 is 2.00 bits per heavy atom. The summed E-state index contributed by atoms with van der Waals surface area (Å²) in [5, 5.41) is 3.48. The molecule has 1 atom stereocenters. The van der Waals surface area contributed by atoms with Crippen molar-refractivity contribution in [2.75, 3.05) is 0 Å². The van der Waals surface area contributed by atoms with Gasteiger partial charge in [-0.05, 0) is 69.3 Å². The first kappa shape index (κ1) is 14.8. The summed E-state index contributed by atoms with van der Waals surface area (Å²) in [6.07, 6.45) is 1.02. The van der Waals surface area contributed by atoms with Crippen molar-refractivity contribution in [1.29, 1.82) is 0 Å². The van der Waals surface area contributed by atoms with E-state index in [2.05, 4.69) is 75.3 Å². The molecule has 1 aromatic carbocycles. The number of halogens is 2. The van der Waals surface area contributed by atoms with Gasteiger partial charge in [0.2, 0.25) is 0 Å². The molecule has 0 saturated carbocycles. The highest BCUT2D eigenvalue weighted by Crippen LogP contribution is 2.26. The minimum atomic E-state index is 0.406. The lowest BCUT2D eigenvalue weighted by atomic mass is 10.0. The molecule has 1 heterocycles. The van der Waals surface area contributed by atoms with Gasteiger partial charge in [0, 0.05) is 6.04 Å². The van der Waals surface area contributed by atoms with Gasteiger partial charge >= 0.3 is 0 Å². The van der Waals surface area contributed by atoms with Crippen LogP contribution in [0.2, 0.25) is 0 Å². The lowest BCUT2D eigenvalue weighted by Crippen LogP contribution is -2.27. The molecule has 0 bridgehead atoms. The van der Waals surface area contributed by atoms with Gasteiger partial charge in [-0.1, -0.05) is 24.3 Å². The Morgan fingerprint density at radius 1 is 1.26 bits per heavy atom. The van der Waals surface area contributed by atoms with Gasteiger partial charge in [-0.2, -0.15) is 0 Å². The predicted octanol–water partition coefficient (Wildman–Crippen LogP) is 4.83. The van der Waals surface area contributed by atoms with E-state index < -0.39 is 0 Å². The first-order valence-corrected chi connectivity index (χ1v) is 7.86. The molecule has 4 heteroatoms. The van der Waals surface area contributed by atoms with Crippen LogP contribution in [0.15, 0.2) is 43.9 Å². The van der Waals surface area contributed by atoms with E-state index in [9.17, 15) is 0 Å². The molecule has 2 nitrogen and oxygen atoms in total. The van der Waals surface area contributed by atoms with Crippen LogP contribution in [0.1, 0.15) is 23.8 Å². The summed E-state index contributed by atoms with van der Waals surface area (Å²) < 4.78 is 7.25. The fourth-order valence-corrected chi connectivity index (χ4v) is 2.65. The number of hydrogen-bond acceptors (Lipinski definition) is 2. The third-order valence-electron chi connectivity index (χ3n) is 3.11. The number of furan rings is 1. The molecule has 2 aromatic rings. The second-order valence-electron chi connectivity index (χ2n) is 4.75. The van der Waals surface area contributed by atoms with E-state index in [-0.39, 0.29) is 0 Å². The van der Waals surface area contributed by atoms with Crippen molar-refractivity contribution in [2.45, 2.75) is 32.9 Å². The van der Waals surface area contributed by atoms with E-state index in [0.717, 1.165) is 27.9 Å². The lowest BCUT2D eigenvalue weighted by Gasteiger charge is -2.14. The smallest absolute Gasteiger partial charge is 0.183 e. The second-order valence-corrected chi connectivity index (χ2v) is 6.32. The van der Waals surface area contributed by atoms with E-state index in [0.29, 0.717) is 6.04 Å². The summed E-state index contributed by atoms with van der Waals surface area (Å²) in [5.74, 6) is 0.926. The monoisotopic (exact) mass is 385 g/mol. The van der Waals surface area contributed by atoms with Crippen LogP contribution >= 0.6 is 31.9 Å². The highest BCUT2D eigenvalue weighted by Gasteiger charge is 2.09. The summed E-state index contributed by atoms with van der Waals surface area (Å²) in [4.78, 5) is 0. The first-order chi connectivity index (χ1) is 9.06.